The van der Waals surface area contributed by atoms with Gasteiger partial charge in [-0.3, -0.25) is 4.79 Å². The molecule has 3 aromatic rings. The third-order valence-corrected chi connectivity index (χ3v) is 8.21. The normalized spacial score (nSPS) is 13.3. The molecule has 0 atom stereocenters. The number of amides is 1. The molecule has 1 amide bonds. The van der Waals surface area contributed by atoms with Gasteiger partial charge in [-0.2, -0.15) is 9.40 Å². The lowest BCUT2D eigenvalue weighted by atomic mass is 10.1. The van der Waals surface area contributed by atoms with Gasteiger partial charge in [-0.1, -0.05) is 43.7 Å². The van der Waals surface area contributed by atoms with Crippen molar-refractivity contribution in [3.8, 4) is 5.69 Å². The number of benzene rings is 2. The zero-order valence-corrected chi connectivity index (χ0v) is 20.2. The highest BCUT2D eigenvalue weighted by molar-refractivity contribution is 7.89. The van der Waals surface area contributed by atoms with E-state index in [2.05, 4.69) is 10.4 Å². The number of aromatic nitrogens is 2. The molecule has 0 aliphatic heterocycles. The fourth-order valence-corrected chi connectivity index (χ4v) is 5.74. The summed E-state index contributed by atoms with van der Waals surface area (Å²) in [7, 11) is -3.49. The molecule has 1 heterocycles. The second kappa shape index (κ2) is 9.49. The minimum Gasteiger partial charge on any atom is -0.347 e. The quantitative estimate of drug-likeness (QED) is 0.549. The zero-order chi connectivity index (χ0) is 23.6. The number of nitrogens with zero attached hydrogens (tertiary/aromatic N) is 3. The van der Waals surface area contributed by atoms with E-state index in [1.807, 2.05) is 49.7 Å². The van der Waals surface area contributed by atoms with Gasteiger partial charge in [0.05, 0.1) is 10.6 Å². The van der Waals surface area contributed by atoms with Crippen LogP contribution in [0.15, 0.2) is 53.4 Å². The predicted molar refractivity (Wildman–Crippen MR) is 128 cm³/mol. The Hall–Kier alpha value is -2.97. The first-order valence-electron chi connectivity index (χ1n) is 11.4. The summed E-state index contributed by atoms with van der Waals surface area (Å²) in [6, 6.07) is 14.8. The maximum Gasteiger partial charge on any atom is 0.272 e. The predicted octanol–water partition coefficient (Wildman–Crippen LogP) is 3.63. The highest BCUT2D eigenvalue weighted by Gasteiger charge is 2.27. The Bertz CT molecular complexity index is 1240. The van der Waals surface area contributed by atoms with Crippen LogP contribution in [0.4, 0.5) is 0 Å². The van der Waals surface area contributed by atoms with Gasteiger partial charge < -0.3 is 5.32 Å². The van der Waals surface area contributed by atoms with Gasteiger partial charge in [0.25, 0.3) is 5.91 Å². The second-order valence-electron chi connectivity index (χ2n) is 8.29. The van der Waals surface area contributed by atoms with Gasteiger partial charge in [-0.15, -0.1) is 0 Å². The summed E-state index contributed by atoms with van der Waals surface area (Å²) >= 11 is 0. The summed E-state index contributed by atoms with van der Waals surface area (Å²) in [6.45, 7) is 6.84. The lowest BCUT2D eigenvalue weighted by Gasteiger charge is -2.18. The first-order valence-corrected chi connectivity index (χ1v) is 12.8. The van der Waals surface area contributed by atoms with E-state index in [0.29, 0.717) is 25.3 Å². The van der Waals surface area contributed by atoms with Crippen LogP contribution < -0.4 is 5.32 Å². The number of hydrogen-bond acceptors (Lipinski definition) is 4. The van der Waals surface area contributed by atoms with Crippen molar-refractivity contribution in [3.05, 3.63) is 76.6 Å². The van der Waals surface area contributed by atoms with Crippen molar-refractivity contribution < 1.29 is 13.2 Å². The van der Waals surface area contributed by atoms with Crippen LogP contribution in [-0.4, -0.2) is 41.5 Å². The van der Waals surface area contributed by atoms with E-state index < -0.39 is 10.0 Å². The van der Waals surface area contributed by atoms with Gasteiger partial charge >= 0.3 is 0 Å². The van der Waals surface area contributed by atoms with E-state index >= 15 is 0 Å². The molecular weight excluding hydrogens is 436 g/mol. The first-order chi connectivity index (χ1) is 15.8. The molecule has 1 aliphatic rings. The number of rotatable bonds is 8. The maximum atomic E-state index is 13.0. The van der Waals surface area contributed by atoms with Gasteiger partial charge in [-0.05, 0) is 56.0 Å². The number of carbonyl (C=O) groups excluding carboxylic acids is 1. The van der Waals surface area contributed by atoms with Crippen molar-refractivity contribution in [3.63, 3.8) is 0 Å². The molecule has 1 aliphatic carbocycles. The summed E-state index contributed by atoms with van der Waals surface area (Å²) in [4.78, 5) is 13.2. The molecule has 0 unspecified atom stereocenters. The van der Waals surface area contributed by atoms with E-state index in [1.54, 1.807) is 24.3 Å². The molecule has 174 valence electrons. The van der Waals surface area contributed by atoms with Crippen molar-refractivity contribution in [1.29, 1.82) is 0 Å². The largest absolute Gasteiger partial charge is 0.347 e. The Morgan fingerprint density at radius 1 is 1.03 bits per heavy atom. The van der Waals surface area contributed by atoms with Gasteiger partial charge in [-0.25, -0.2) is 13.1 Å². The molecule has 0 spiro atoms. The number of sulfonamides is 1. The Balaban J connectivity index is 1.49. The second-order valence-corrected chi connectivity index (χ2v) is 10.2. The lowest BCUT2D eigenvalue weighted by molar-refractivity contribution is 0.0944. The number of nitrogens with one attached hydrogen (secondary N) is 1. The Kier molecular flexibility index (Phi) is 6.67. The van der Waals surface area contributed by atoms with Crippen LogP contribution in [0.2, 0.25) is 0 Å². The summed E-state index contributed by atoms with van der Waals surface area (Å²) in [5.74, 6) is -0.209. The van der Waals surface area contributed by atoms with Crippen molar-refractivity contribution in [2.24, 2.45) is 0 Å². The minimum atomic E-state index is -3.49. The molecule has 0 radical (unpaired) electrons. The van der Waals surface area contributed by atoms with Crippen LogP contribution in [0.5, 0.6) is 0 Å². The summed E-state index contributed by atoms with van der Waals surface area (Å²) in [5.41, 5.74) is 5.57. The number of fused-ring (bicyclic) bond motifs is 1. The van der Waals surface area contributed by atoms with Gasteiger partial charge in [0, 0.05) is 30.9 Å². The maximum absolute atomic E-state index is 13.0. The zero-order valence-electron chi connectivity index (χ0n) is 19.3. The molecule has 1 N–H and O–H groups in total. The first kappa shape index (κ1) is 23.2. The Morgan fingerprint density at radius 3 is 2.33 bits per heavy atom. The average Bonchev–Trinajstić information content (AvgIpc) is 3.42. The van der Waals surface area contributed by atoms with E-state index in [0.717, 1.165) is 41.8 Å². The summed E-state index contributed by atoms with van der Waals surface area (Å²) in [5, 5.41) is 7.60. The Labute approximate surface area is 195 Å². The lowest BCUT2D eigenvalue weighted by Crippen LogP contribution is -2.30. The molecule has 0 saturated heterocycles. The van der Waals surface area contributed by atoms with Crippen molar-refractivity contribution in [2.75, 3.05) is 13.1 Å². The molecule has 0 saturated carbocycles. The molecule has 0 fully saturated rings. The van der Waals surface area contributed by atoms with Crippen molar-refractivity contribution in [1.82, 2.24) is 19.4 Å². The fourth-order valence-electron chi connectivity index (χ4n) is 4.28. The molecule has 1 aromatic heterocycles. The van der Waals surface area contributed by atoms with Gasteiger partial charge in [0.2, 0.25) is 10.0 Å². The molecular formula is C25H30N4O3S. The Morgan fingerprint density at radius 2 is 1.70 bits per heavy atom. The molecule has 4 rings (SSSR count). The van der Waals surface area contributed by atoms with E-state index in [4.69, 9.17) is 0 Å². The third kappa shape index (κ3) is 4.58. The third-order valence-electron chi connectivity index (χ3n) is 6.14. The van der Waals surface area contributed by atoms with Crippen LogP contribution >= 0.6 is 0 Å². The summed E-state index contributed by atoms with van der Waals surface area (Å²) < 4.78 is 28.6. The van der Waals surface area contributed by atoms with E-state index in [9.17, 15) is 13.2 Å². The van der Waals surface area contributed by atoms with Crippen LogP contribution in [0, 0.1) is 6.92 Å². The molecule has 0 bridgehead atoms. The molecule has 33 heavy (non-hydrogen) atoms. The standard InChI is InChI=1S/C25H30N4O3S/c1-4-28(5-2)33(31,32)21-15-11-19(12-16-21)17-26-25(30)24-22-7-6-8-23(22)29(27-24)20-13-9-18(3)10-14-20/h9-16H,4-8,17H2,1-3H3,(H,26,30). The monoisotopic (exact) mass is 466 g/mol. The smallest absolute Gasteiger partial charge is 0.272 e. The molecule has 2 aromatic carbocycles. The average molecular weight is 467 g/mol. The number of carbonyl (C=O) groups is 1. The fraction of sp³-hybridized carbons (Fsp3) is 0.360. The van der Waals surface area contributed by atoms with E-state index in [-0.39, 0.29) is 10.8 Å². The van der Waals surface area contributed by atoms with Crippen LogP contribution in [0.25, 0.3) is 5.69 Å². The van der Waals surface area contributed by atoms with Crippen LogP contribution in [0.3, 0.4) is 0 Å². The van der Waals surface area contributed by atoms with Gasteiger partial charge in [0.1, 0.15) is 0 Å². The summed E-state index contributed by atoms with van der Waals surface area (Å²) in [6.07, 6.45) is 2.77. The number of hydrogen-bond donors (Lipinski definition) is 1. The van der Waals surface area contributed by atoms with Crippen LogP contribution in [-0.2, 0) is 29.4 Å². The topological polar surface area (TPSA) is 84.3 Å². The highest BCUT2D eigenvalue weighted by atomic mass is 32.2. The van der Waals surface area contributed by atoms with Crippen molar-refractivity contribution in [2.45, 2.75) is 51.5 Å². The SMILES string of the molecule is CCN(CC)S(=O)(=O)c1ccc(CNC(=O)c2nn(-c3ccc(C)cc3)c3c2CCC3)cc1. The number of aryl methyl sites for hydroxylation is 1. The highest BCUT2D eigenvalue weighted by Crippen LogP contribution is 2.28. The minimum absolute atomic E-state index is 0.209. The molecule has 8 heteroatoms. The van der Waals surface area contributed by atoms with Gasteiger partial charge in [0.15, 0.2) is 5.69 Å². The molecule has 7 nitrogen and oxygen atoms in total. The van der Waals surface area contributed by atoms with Crippen molar-refractivity contribution >= 4 is 15.9 Å². The van der Waals surface area contributed by atoms with E-state index in [1.165, 1.54) is 9.87 Å². The van der Waals surface area contributed by atoms with Crippen LogP contribution in [0.1, 0.15) is 53.1 Å².